The van der Waals surface area contributed by atoms with Crippen molar-refractivity contribution in [1.29, 1.82) is 0 Å². The number of ether oxygens (including phenoxy) is 2. The zero-order valence-electron chi connectivity index (χ0n) is 14.2. The van der Waals surface area contributed by atoms with E-state index >= 15 is 0 Å². The van der Waals surface area contributed by atoms with Crippen LogP contribution in [0.25, 0.3) is 6.08 Å². The number of rotatable bonds is 8. The van der Waals surface area contributed by atoms with Crippen molar-refractivity contribution in [3.8, 4) is 5.75 Å². The highest BCUT2D eigenvalue weighted by Gasteiger charge is 2.22. The van der Waals surface area contributed by atoms with Crippen LogP contribution in [0.5, 0.6) is 5.75 Å². The summed E-state index contributed by atoms with van der Waals surface area (Å²) >= 11 is 0. The molecule has 0 aliphatic carbocycles. The average molecular weight is 319 g/mol. The van der Waals surface area contributed by atoms with E-state index in [4.69, 9.17) is 9.47 Å². The number of nitrogens with one attached hydrogen (secondary N) is 1. The summed E-state index contributed by atoms with van der Waals surface area (Å²) in [5.74, 6) is 0.313. The van der Waals surface area contributed by atoms with Crippen LogP contribution in [0.1, 0.15) is 32.8 Å². The Labute approximate surface area is 137 Å². The van der Waals surface area contributed by atoms with E-state index in [9.17, 15) is 9.59 Å². The molecule has 0 unspecified atom stereocenters. The minimum Gasteiger partial charge on any atom is -0.497 e. The molecule has 23 heavy (non-hydrogen) atoms. The van der Waals surface area contributed by atoms with Crippen LogP contribution < -0.4 is 10.1 Å². The molecular weight excluding hydrogens is 294 g/mol. The van der Waals surface area contributed by atoms with Crippen LogP contribution in [-0.2, 0) is 14.3 Å². The second-order valence-corrected chi connectivity index (χ2v) is 5.55. The summed E-state index contributed by atoms with van der Waals surface area (Å²) in [6.07, 6.45) is 3.64. The first-order valence-electron chi connectivity index (χ1n) is 7.75. The minimum absolute atomic E-state index is 0.273. The van der Waals surface area contributed by atoms with Gasteiger partial charge in [-0.15, -0.1) is 0 Å². The van der Waals surface area contributed by atoms with Crippen LogP contribution >= 0.6 is 0 Å². The van der Waals surface area contributed by atoms with E-state index in [1.807, 2.05) is 38.1 Å². The van der Waals surface area contributed by atoms with Crippen molar-refractivity contribution >= 4 is 18.0 Å². The molecule has 126 valence electrons. The lowest BCUT2D eigenvalue weighted by atomic mass is 10.0. The SMILES string of the molecule is CCOC(=O)[C@@H](CC(C)C)NC(=O)/C=C/c1ccc(OC)cc1. The van der Waals surface area contributed by atoms with Crippen LogP contribution in [0.15, 0.2) is 30.3 Å². The highest BCUT2D eigenvalue weighted by Crippen LogP contribution is 2.12. The third kappa shape index (κ3) is 7.00. The van der Waals surface area contributed by atoms with Gasteiger partial charge >= 0.3 is 5.97 Å². The second kappa shape index (κ2) is 9.66. The van der Waals surface area contributed by atoms with Gasteiger partial charge < -0.3 is 14.8 Å². The summed E-state index contributed by atoms with van der Waals surface area (Å²) in [7, 11) is 1.60. The molecule has 0 fully saturated rings. The summed E-state index contributed by atoms with van der Waals surface area (Å²) in [6, 6.07) is 6.71. The molecule has 1 amide bonds. The Kier molecular flexibility index (Phi) is 7.88. The number of hydrogen-bond donors (Lipinski definition) is 1. The lowest BCUT2D eigenvalue weighted by Crippen LogP contribution is -2.42. The normalized spacial score (nSPS) is 12.2. The van der Waals surface area contributed by atoms with Gasteiger partial charge in [0, 0.05) is 6.08 Å². The molecule has 0 spiro atoms. The van der Waals surface area contributed by atoms with Crippen molar-refractivity contribution in [3.63, 3.8) is 0 Å². The number of hydrogen-bond acceptors (Lipinski definition) is 4. The lowest BCUT2D eigenvalue weighted by Gasteiger charge is -2.18. The molecule has 0 heterocycles. The molecular formula is C18H25NO4. The number of methoxy groups -OCH3 is 1. The quantitative estimate of drug-likeness (QED) is 0.591. The van der Waals surface area contributed by atoms with E-state index in [-0.39, 0.29) is 11.8 Å². The zero-order chi connectivity index (χ0) is 17.2. The first-order chi connectivity index (χ1) is 11.0. The molecule has 0 aliphatic rings. The molecule has 0 saturated heterocycles. The molecule has 1 aromatic rings. The largest absolute Gasteiger partial charge is 0.497 e. The Hall–Kier alpha value is -2.30. The Bertz CT molecular complexity index is 534. The van der Waals surface area contributed by atoms with Gasteiger partial charge in [0.1, 0.15) is 11.8 Å². The molecule has 0 aromatic heterocycles. The summed E-state index contributed by atoms with van der Waals surface area (Å²) in [5.41, 5.74) is 0.873. The molecule has 1 aromatic carbocycles. The third-order valence-electron chi connectivity index (χ3n) is 3.14. The standard InChI is InChI=1S/C18H25NO4/c1-5-23-18(21)16(12-13(2)3)19-17(20)11-8-14-6-9-15(22-4)10-7-14/h6-11,13,16H,5,12H2,1-4H3,(H,19,20)/b11-8+/t16-/m1/s1. The number of carbonyl (C=O) groups excluding carboxylic acids is 2. The molecule has 1 rings (SSSR count). The Morgan fingerprint density at radius 3 is 2.39 bits per heavy atom. The van der Waals surface area contributed by atoms with Crippen LogP contribution in [0.4, 0.5) is 0 Å². The van der Waals surface area contributed by atoms with Crippen molar-refractivity contribution < 1.29 is 19.1 Å². The summed E-state index contributed by atoms with van der Waals surface area (Å²) in [6.45, 7) is 6.03. The Morgan fingerprint density at radius 1 is 1.22 bits per heavy atom. The first-order valence-corrected chi connectivity index (χ1v) is 7.75. The molecule has 0 bridgehead atoms. The van der Waals surface area contributed by atoms with Gasteiger partial charge in [-0.1, -0.05) is 26.0 Å². The van der Waals surface area contributed by atoms with Gasteiger partial charge in [0.25, 0.3) is 0 Å². The molecule has 0 radical (unpaired) electrons. The predicted octanol–water partition coefficient (Wildman–Crippen LogP) is 2.80. The van der Waals surface area contributed by atoms with E-state index in [0.717, 1.165) is 11.3 Å². The van der Waals surface area contributed by atoms with Crippen LogP contribution in [0.3, 0.4) is 0 Å². The van der Waals surface area contributed by atoms with Gasteiger partial charge in [-0.2, -0.15) is 0 Å². The zero-order valence-corrected chi connectivity index (χ0v) is 14.2. The number of esters is 1. The molecule has 1 N–H and O–H groups in total. The molecule has 5 nitrogen and oxygen atoms in total. The number of benzene rings is 1. The van der Waals surface area contributed by atoms with Crippen LogP contribution in [0, 0.1) is 5.92 Å². The molecule has 0 saturated carbocycles. The molecule has 0 aliphatic heterocycles. The van der Waals surface area contributed by atoms with E-state index in [1.165, 1.54) is 6.08 Å². The smallest absolute Gasteiger partial charge is 0.328 e. The van der Waals surface area contributed by atoms with Crippen molar-refractivity contribution in [2.24, 2.45) is 5.92 Å². The Morgan fingerprint density at radius 2 is 1.87 bits per heavy atom. The fourth-order valence-corrected chi connectivity index (χ4v) is 2.04. The highest BCUT2D eigenvalue weighted by molar-refractivity contribution is 5.94. The van der Waals surface area contributed by atoms with Gasteiger partial charge in [-0.05, 0) is 43.0 Å². The van der Waals surface area contributed by atoms with Crippen LogP contribution in [0.2, 0.25) is 0 Å². The highest BCUT2D eigenvalue weighted by atomic mass is 16.5. The van der Waals surface area contributed by atoms with E-state index in [0.29, 0.717) is 13.0 Å². The minimum atomic E-state index is -0.622. The second-order valence-electron chi connectivity index (χ2n) is 5.55. The number of amides is 1. The monoisotopic (exact) mass is 319 g/mol. The van der Waals surface area contributed by atoms with Gasteiger partial charge in [-0.25, -0.2) is 4.79 Å². The summed E-state index contributed by atoms with van der Waals surface area (Å²) in [4.78, 5) is 23.9. The lowest BCUT2D eigenvalue weighted by molar-refractivity contribution is -0.147. The van der Waals surface area contributed by atoms with Crippen molar-refractivity contribution in [2.75, 3.05) is 13.7 Å². The molecule has 1 atom stereocenters. The maximum Gasteiger partial charge on any atom is 0.328 e. The number of carbonyl (C=O) groups is 2. The Balaban J connectivity index is 2.66. The third-order valence-corrected chi connectivity index (χ3v) is 3.14. The van der Waals surface area contributed by atoms with Crippen molar-refractivity contribution in [1.82, 2.24) is 5.32 Å². The first kappa shape index (κ1) is 18.7. The fourth-order valence-electron chi connectivity index (χ4n) is 2.04. The van der Waals surface area contributed by atoms with Gasteiger partial charge in [0.05, 0.1) is 13.7 Å². The fraction of sp³-hybridized carbons (Fsp3) is 0.444. The maximum absolute atomic E-state index is 12.0. The summed E-state index contributed by atoms with van der Waals surface area (Å²) in [5, 5.41) is 2.70. The van der Waals surface area contributed by atoms with Crippen molar-refractivity contribution in [2.45, 2.75) is 33.2 Å². The predicted molar refractivity (Wildman–Crippen MR) is 90.0 cm³/mol. The van der Waals surface area contributed by atoms with E-state index in [2.05, 4.69) is 5.32 Å². The van der Waals surface area contributed by atoms with E-state index < -0.39 is 12.0 Å². The maximum atomic E-state index is 12.0. The van der Waals surface area contributed by atoms with Gasteiger partial charge in [0.15, 0.2) is 0 Å². The van der Waals surface area contributed by atoms with Gasteiger partial charge in [-0.3, -0.25) is 4.79 Å². The molecule has 5 heteroatoms. The summed E-state index contributed by atoms with van der Waals surface area (Å²) < 4.78 is 10.1. The van der Waals surface area contributed by atoms with Gasteiger partial charge in [0.2, 0.25) is 5.91 Å². The topological polar surface area (TPSA) is 64.6 Å². The van der Waals surface area contributed by atoms with E-state index in [1.54, 1.807) is 20.1 Å². The van der Waals surface area contributed by atoms with Crippen LogP contribution in [-0.4, -0.2) is 31.6 Å². The average Bonchev–Trinajstić information content (AvgIpc) is 2.52. The van der Waals surface area contributed by atoms with Crippen molar-refractivity contribution in [3.05, 3.63) is 35.9 Å².